The van der Waals surface area contributed by atoms with Gasteiger partial charge in [0.15, 0.2) is 0 Å². The molecule has 2 aromatic rings. The third-order valence-corrected chi connectivity index (χ3v) is 5.48. The largest absolute Gasteiger partial charge is 0.494 e. The maximum atomic E-state index is 12.4. The molecule has 3 amide bonds. The molecule has 0 spiro atoms. The summed E-state index contributed by atoms with van der Waals surface area (Å²) in [5.41, 5.74) is 6.31. The third-order valence-electron chi connectivity index (χ3n) is 5.48. The van der Waals surface area contributed by atoms with E-state index in [1.807, 2.05) is 30.3 Å². The Morgan fingerprint density at radius 1 is 1.00 bits per heavy atom. The average Bonchev–Trinajstić information content (AvgIpc) is 3.18. The molecule has 1 atom stereocenters. The van der Waals surface area contributed by atoms with Crippen molar-refractivity contribution in [2.24, 2.45) is 5.92 Å². The van der Waals surface area contributed by atoms with Gasteiger partial charge in [0.1, 0.15) is 5.75 Å². The number of carbonyl (C=O) groups is 3. The lowest BCUT2D eigenvalue weighted by atomic mass is 10.1. The number of amides is 3. The summed E-state index contributed by atoms with van der Waals surface area (Å²) in [6.45, 7) is 3.63. The third kappa shape index (κ3) is 6.83. The number of unbranched alkanes of at least 4 members (excludes halogenated alkanes) is 3. The zero-order valence-corrected chi connectivity index (χ0v) is 18.5. The van der Waals surface area contributed by atoms with Crippen LogP contribution in [0.15, 0.2) is 54.6 Å². The van der Waals surface area contributed by atoms with Crippen molar-refractivity contribution in [3.8, 4) is 5.75 Å². The topological polar surface area (TPSA) is 87.7 Å². The van der Waals surface area contributed by atoms with Gasteiger partial charge in [-0.3, -0.25) is 25.2 Å². The summed E-state index contributed by atoms with van der Waals surface area (Å²) in [4.78, 5) is 38.7. The zero-order chi connectivity index (χ0) is 22.8. The number of hydrogen-bond acceptors (Lipinski definition) is 4. The molecule has 3 rings (SSSR count). The van der Waals surface area contributed by atoms with E-state index in [9.17, 15) is 14.4 Å². The van der Waals surface area contributed by atoms with Gasteiger partial charge in [0, 0.05) is 25.1 Å². The Morgan fingerprint density at radius 2 is 1.75 bits per heavy atom. The Morgan fingerprint density at radius 3 is 2.47 bits per heavy atom. The number of nitrogens with one attached hydrogen (secondary N) is 2. The molecule has 1 unspecified atom stereocenters. The Balaban J connectivity index is 1.41. The van der Waals surface area contributed by atoms with Crippen LogP contribution >= 0.6 is 0 Å². The zero-order valence-electron chi connectivity index (χ0n) is 18.5. The maximum Gasteiger partial charge on any atom is 0.269 e. The SMILES string of the molecule is CCCCCCOc1ccc(C(=O)NNC(=O)C2CC(=O)N(Cc3ccccc3)C2)cc1. The minimum absolute atomic E-state index is 0.0642. The number of ether oxygens (including phenoxy) is 1. The number of hydrogen-bond donors (Lipinski definition) is 2. The first-order valence-electron chi connectivity index (χ1n) is 11.2. The van der Waals surface area contributed by atoms with E-state index >= 15 is 0 Å². The number of nitrogens with zero attached hydrogens (tertiary/aromatic N) is 1. The van der Waals surface area contributed by atoms with Gasteiger partial charge >= 0.3 is 0 Å². The molecule has 1 aliphatic rings. The van der Waals surface area contributed by atoms with Crippen molar-refractivity contribution >= 4 is 17.7 Å². The van der Waals surface area contributed by atoms with E-state index in [0.717, 1.165) is 18.4 Å². The Bertz CT molecular complexity index is 899. The van der Waals surface area contributed by atoms with Crippen LogP contribution in [-0.4, -0.2) is 35.8 Å². The second-order valence-electron chi connectivity index (χ2n) is 8.04. The second kappa shape index (κ2) is 11.9. The number of likely N-dealkylation sites (tertiary alicyclic amines) is 1. The summed E-state index contributed by atoms with van der Waals surface area (Å²) in [7, 11) is 0. The standard InChI is InChI=1S/C25H31N3O4/c1-2-3-4-8-15-32-22-13-11-20(12-14-22)24(30)26-27-25(31)21-16-23(29)28(18-21)17-19-9-6-5-7-10-19/h5-7,9-14,21H,2-4,8,15-18H2,1H3,(H,26,30)(H,27,31). The van der Waals surface area contributed by atoms with E-state index in [2.05, 4.69) is 17.8 Å². The fourth-order valence-electron chi connectivity index (χ4n) is 3.62. The molecule has 1 fully saturated rings. The fourth-order valence-corrected chi connectivity index (χ4v) is 3.62. The first-order valence-corrected chi connectivity index (χ1v) is 11.2. The summed E-state index contributed by atoms with van der Waals surface area (Å²) in [6, 6.07) is 16.5. The highest BCUT2D eigenvalue weighted by Gasteiger charge is 2.34. The Kier molecular flexibility index (Phi) is 8.66. The minimum atomic E-state index is -0.491. The molecule has 0 bridgehead atoms. The van der Waals surface area contributed by atoms with Gasteiger partial charge in [-0.1, -0.05) is 56.5 Å². The molecule has 2 N–H and O–H groups in total. The molecule has 170 valence electrons. The van der Waals surface area contributed by atoms with Crippen molar-refractivity contribution in [3.63, 3.8) is 0 Å². The molecule has 0 aromatic heterocycles. The van der Waals surface area contributed by atoms with Gasteiger partial charge in [-0.15, -0.1) is 0 Å². The van der Waals surface area contributed by atoms with E-state index in [-0.39, 0.29) is 18.2 Å². The fraction of sp³-hybridized carbons (Fsp3) is 0.400. The van der Waals surface area contributed by atoms with Crippen LogP contribution < -0.4 is 15.6 Å². The number of hydrazine groups is 1. The van der Waals surface area contributed by atoms with Crippen LogP contribution in [-0.2, 0) is 16.1 Å². The van der Waals surface area contributed by atoms with Crippen LogP contribution in [0.5, 0.6) is 5.75 Å². The van der Waals surface area contributed by atoms with Gasteiger partial charge in [0.2, 0.25) is 11.8 Å². The Hall–Kier alpha value is -3.35. The molecule has 1 saturated heterocycles. The highest BCUT2D eigenvalue weighted by molar-refractivity contribution is 5.96. The lowest BCUT2D eigenvalue weighted by molar-refractivity contribution is -0.129. The number of rotatable bonds is 10. The minimum Gasteiger partial charge on any atom is -0.494 e. The van der Waals surface area contributed by atoms with Crippen molar-refractivity contribution in [2.45, 2.75) is 45.6 Å². The quantitative estimate of drug-likeness (QED) is 0.440. The van der Waals surface area contributed by atoms with Crippen LogP contribution in [0.2, 0.25) is 0 Å². The van der Waals surface area contributed by atoms with E-state index in [1.165, 1.54) is 12.8 Å². The van der Waals surface area contributed by atoms with Gasteiger partial charge in [-0.2, -0.15) is 0 Å². The highest BCUT2D eigenvalue weighted by atomic mass is 16.5. The van der Waals surface area contributed by atoms with E-state index in [0.29, 0.717) is 31.0 Å². The summed E-state index contributed by atoms with van der Waals surface area (Å²) in [5, 5.41) is 0. The normalized spacial score (nSPS) is 15.5. The monoisotopic (exact) mass is 437 g/mol. The van der Waals surface area contributed by atoms with E-state index < -0.39 is 11.8 Å². The molecular formula is C25H31N3O4. The first-order chi connectivity index (χ1) is 15.6. The summed E-state index contributed by atoms with van der Waals surface area (Å²) < 4.78 is 5.68. The number of benzene rings is 2. The summed E-state index contributed by atoms with van der Waals surface area (Å²) in [6.07, 6.45) is 4.68. The van der Waals surface area contributed by atoms with E-state index in [4.69, 9.17) is 4.74 Å². The molecule has 1 aliphatic heterocycles. The van der Waals surface area contributed by atoms with Crippen LogP contribution in [0, 0.1) is 5.92 Å². The average molecular weight is 438 g/mol. The lowest BCUT2D eigenvalue weighted by Crippen LogP contribution is -2.45. The van der Waals surface area contributed by atoms with Crippen molar-refractivity contribution in [1.82, 2.24) is 15.8 Å². The van der Waals surface area contributed by atoms with Crippen LogP contribution in [0.3, 0.4) is 0 Å². The van der Waals surface area contributed by atoms with Gasteiger partial charge in [-0.05, 0) is 36.2 Å². The molecule has 0 saturated carbocycles. The van der Waals surface area contributed by atoms with Crippen LogP contribution in [0.4, 0.5) is 0 Å². The van der Waals surface area contributed by atoms with Gasteiger partial charge < -0.3 is 9.64 Å². The molecule has 2 aromatic carbocycles. The molecule has 7 heteroatoms. The highest BCUT2D eigenvalue weighted by Crippen LogP contribution is 2.20. The smallest absolute Gasteiger partial charge is 0.269 e. The maximum absolute atomic E-state index is 12.4. The molecule has 1 heterocycles. The predicted octanol–water partition coefficient (Wildman–Crippen LogP) is 3.46. The van der Waals surface area contributed by atoms with Crippen molar-refractivity contribution in [2.75, 3.05) is 13.2 Å². The van der Waals surface area contributed by atoms with Crippen molar-refractivity contribution < 1.29 is 19.1 Å². The van der Waals surface area contributed by atoms with Gasteiger partial charge in [0.05, 0.1) is 12.5 Å². The Labute approximate surface area is 189 Å². The van der Waals surface area contributed by atoms with Crippen LogP contribution in [0.25, 0.3) is 0 Å². The molecule has 0 aliphatic carbocycles. The number of carbonyl (C=O) groups excluding carboxylic acids is 3. The lowest BCUT2D eigenvalue weighted by Gasteiger charge is -2.16. The first kappa shape index (κ1) is 23.3. The summed E-state index contributed by atoms with van der Waals surface area (Å²) in [5.74, 6) is -0.627. The predicted molar refractivity (Wildman–Crippen MR) is 122 cm³/mol. The van der Waals surface area contributed by atoms with Crippen molar-refractivity contribution in [3.05, 3.63) is 65.7 Å². The second-order valence-corrected chi connectivity index (χ2v) is 8.04. The van der Waals surface area contributed by atoms with Crippen molar-refractivity contribution in [1.29, 1.82) is 0 Å². The molecule has 32 heavy (non-hydrogen) atoms. The van der Waals surface area contributed by atoms with E-state index in [1.54, 1.807) is 29.2 Å². The molecule has 0 radical (unpaired) electrons. The summed E-state index contributed by atoms with van der Waals surface area (Å²) >= 11 is 0. The molecular weight excluding hydrogens is 406 g/mol. The van der Waals surface area contributed by atoms with Crippen LogP contribution in [0.1, 0.15) is 54.9 Å². The van der Waals surface area contributed by atoms with Gasteiger partial charge in [-0.25, -0.2) is 0 Å². The van der Waals surface area contributed by atoms with Gasteiger partial charge in [0.25, 0.3) is 5.91 Å². The molecule has 7 nitrogen and oxygen atoms in total.